The standard InChI is InChI=1S/C13H18BrN3O2/c1-10(2)15-5-7-16(8-6-15)12-4-3-11(14)9-13(12)17(18)19/h3-4,9-10H,5-8H2,1-2H3. The summed E-state index contributed by atoms with van der Waals surface area (Å²) in [4.78, 5) is 15.3. The molecular formula is C13H18BrN3O2. The molecule has 0 aliphatic carbocycles. The number of anilines is 1. The van der Waals surface area contributed by atoms with Gasteiger partial charge in [0.15, 0.2) is 0 Å². The summed E-state index contributed by atoms with van der Waals surface area (Å²) in [6.45, 7) is 7.92. The van der Waals surface area contributed by atoms with Crippen LogP contribution >= 0.6 is 15.9 Å². The molecule has 0 atom stereocenters. The summed E-state index contributed by atoms with van der Waals surface area (Å²) >= 11 is 3.29. The van der Waals surface area contributed by atoms with E-state index in [1.54, 1.807) is 6.07 Å². The fourth-order valence-corrected chi connectivity index (χ4v) is 2.74. The van der Waals surface area contributed by atoms with E-state index in [1.165, 1.54) is 0 Å². The average molecular weight is 328 g/mol. The first-order chi connectivity index (χ1) is 8.99. The fourth-order valence-electron chi connectivity index (χ4n) is 2.39. The third-order valence-corrected chi connectivity index (χ3v) is 4.01. The molecule has 1 heterocycles. The molecule has 104 valence electrons. The lowest BCUT2D eigenvalue weighted by Crippen LogP contribution is -2.49. The van der Waals surface area contributed by atoms with Crippen LogP contribution in [0.1, 0.15) is 13.8 Å². The zero-order valence-electron chi connectivity index (χ0n) is 11.2. The summed E-state index contributed by atoms with van der Waals surface area (Å²) in [5.74, 6) is 0. The third-order valence-electron chi connectivity index (χ3n) is 3.52. The molecule has 0 unspecified atom stereocenters. The Morgan fingerprint density at radius 3 is 2.42 bits per heavy atom. The molecule has 0 aromatic heterocycles. The molecule has 1 aliphatic heterocycles. The normalized spacial score (nSPS) is 16.9. The van der Waals surface area contributed by atoms with Crippen LogP contribution < -0.4 is 4.90 Å². The molecule has 5 nitrogen and oxygen atoms in total. The number of hydrogen-bond donors (Lipinski definition) is 0. The zero-order chi connectivity index (χ0) is 14.0. The van der Waals surface area contributed by atoms with E-state index in [9.17, 15) is 10.1 Å². The molecule has 0 bridgehead atoms. The Morgan fingerprint density at radius 2 is 1.89 bits per heavy atom. The van der Waals surface area contributed by atoms with Crippen LogP contribution in [0.4, 0.5) is 11.4 Å². The summed E-state index contributed by atoms with van der Waals surface area (Å²) in [7, 11) is 0. The number of benzene rings is 1. The Kier molecular flexibility index (Phi) is 4.42. The van der Waals surface area contributed by atoms with Gasteiger partial charge in [-0.2, -0.15) is 0 Å². The summed E-state index contributed by atoms with van der Waals surface area (Å²) < 4.78 is 0.740. The van der Waals surface area contributed by atoms with Crippen LogP contribution in [0.5, 0.6) is 0 Å². The van der Waals surface area contributed by atoms with Crippen LogP contribution in [0.3, 0.4) is 0 Å². The van der Waals surface area contributed by atoms with Gasteiger partial charge in [-0.3, -0.25) is 15.0 Å². The summed E-state index contributed by atoms with van der Waals surface area (Å²) in [5, 5.41) is 11.1. The number of rotatable bonds is 3. The molecule has 0 N–H and O–H groups in total. The Hall–Kier alpha value is -1.14. The second-order valence-corrected chi connectivity index (χ2v) is 5.92. The Labute approximate surface area is 121 Å². The average Bonchev–Trinajstić information content (AvgIpc) is 2.38. The van der Waals surface area contributed by atoms with Crippen molar-refractivity contribution in [3.05, 3.63) is 32.8 Å². The van der Waals surface area contributed by atoms with E-state index >= 15 is 0 Å². The maximum Gasteiger partial charge on any atom is 0.293 e. The van der Waals surface area contributed by atoms with Gasteiger partial charge in [-0.15, -0.1) is 0 Å². The smallest absolute Gasteiger partial charge is 0.293 e. The molecule has 6 heteroatoms. The lowest BCUT2D eigenvalue weighted by atomic mass is 10.2. The highest BCUT2D eigenvalue weighted by Gasteiger charge is 2.24. The van der Waals surface area contributed by atoms with Gasteiger partial charge in [0.05, 0.1) is 4.92 Å². The van der Waals surface area contributed by atoms with E-state index < -0.39 is 0 Å². The maximum absolute atomic E-state index is 11.1. The van der Waals surface area contributed by atoms with Crippen molar-refractivity contribution in [3.63, 3.8) is 0 Å². The van der Waals surface area contributed by atoms with Crippen molar-refractivity contribution in [1.29, 1.82) is 0 Å². The molecule has 1 fully saturated rings. The highest BCUT2D eigenvalue weighted by atomic mass is 79.9. The van der Waals surface area contributed by atoms with Gasteiger partial charge < -0.3 is 4.90 Å². The summed E-state index contributed by atoms with van der Waals surface area (Å²) in [6, 6.07) is 5.79. The molecule has 0 spiro atoms. The lowest BCUT2D eigenvalue weighted by Gasteiger charge is -2.37. The molecular weight excluding hydrogens is 310 g/mol. The molecule has 0 radical (unpaired) electrons. The van der Waals surface area contributed by atoms with Crippen molar-refractivity contribution in [2.24, 2.45) is 0 Å². The predicted molar refractivity (Wildman–Crippen MR) is 79.7 cm³/mol. The first kappa shape index (κ1) is 14.3. The van der Waals surface area contributed by atoms with E-state index in [0.29, 0.717) is 6.04 Å². The Balaban J connectivity index is 2.17. The van der Waals surface area contributed by atoms with Crippen molar-refractivity contribution in [2.45, 2.75) is 19.9 Å². The maximum atomic E-state index is 11.1. The number of nitro groups is 1. The number of nitrogens with zero attached hydrogens (tertiary/aromatic N) is 3. The minimum atomic E-state index is -0.311. The van der Waals surface area contributed by atoms with E-state index in [2.05, 4.69) is 39.6 Å². The highest BCUT2D eigenvalue weighted by Crippen LogP contribution is 2.31. The highest BCUT2D eigenvalue weighted by molar-refractivity contribution is 9.10. The Morgan fingerprint density at radius 1 is 1.26 bits per heavy atom. The van der Waals surface area contributed by atoms with Gasteiger partial charge in [0.2, 0.25) is 0 Å². The van der Waals surface area contributed by atoms with Crippen LogP contribution in [0, 0.1) is 10.1 Å². The molecule has 1 saturated heterocycles. The quantitative estimate of drug-likeness (QED) is 0.632. The first-order valence-corrected chi connectivity index (χ1v) is 7.21. The Bertz CT molecular complexity index is 471. The molecule has 0 saturated carbocycles. The van der Waals surface area contributed by atoms with E-state index in [1.807, 2.05) is 12.1 Å². The second kappa shape index (κ2) is 5.88. The van der Waals surface area contributed by atoms with Crippen molar-refractivity contribution in [2.75, 3.05) is 31.1 Å². The van der Waals surface area contributed by atoms with Crippen LogP contribution in [-0.2, 0) is 0 Å². The minimum Gasteiger partial charge on any atom is -0.363 e. The van der Waals surface area contributed by atoms with Gasteiger partial charge in [-0.1, -0.05) is 15.9 Å². The number of piperazine rings is 1. The fraction of sp³-hybridized carbons (Fsp3) is 0.538. The second-order valence-electron chi connectivity index (χ2n) is 5.01. The van der Waals surface area contributed by atoms with Crippen molar-refractivity contribution in [1.82, 2.24) is 4.90 Å². The predicted octanol–water partition coefficient (Wildman–Crippen LogP) is 2.89. The van der Waals surface area contributed by atoms with Gasteiger partial charge in [0.25, 0.3) is 5.69 Å². The SMILES string of the molecule is CC(C)N1CCN(c2ccc(Br)cc2[N+](=O)[O-])CC1. The van der Waals surface area contributed by atoms with Crippen LogP contribution in [-0.4, -0.2) is 42.0 Å². The number of halogens is 1. The lowest BCUT2D eigenvalue weighted by molar-refractivity contribution is -0.384. The number of nitro benzene ring substituents is 1. The van der Waals surface area contributed by atoms with Gasteiger partial charge in [0.1, 0.15) is 5.69 Å². The van der Waals surface area contributed by atoms with Gasteiger partial charge in [0, 0.05) is 42.8 Å². The van der Waals surface area contributed by atoms with E-state index in [4.69, 9.17) is 0 Å². The van der Waals surface area contributed by atoms with Crippen molar-refractivity contribution in [3.8, 4) is 0 Å². The van der Waals surface area contributed by atoms with Crippen molar-refractivity contribution >= 4 is 27.3 Å². The molecule has 2 rings (SSSR count). The van der Waals surface area contributed by atoms with Crippen LogP contribution in [0.2, 0.25) is 0 Å². The van der Waals surface area contributed by atoms with Gasteiger partial charge >= 0.3 is 0 Å². The van der Waals surface area contributed by atoms with E-state index in [0.717, 1.165) is 36.3 Å². The minimum absolute atomic E-state index is 0.173. The molecule has 19 heavy (non-hydrogen) atoms. The first-order valence-electron chi connectivity index (χ1n) is 6.42. The number of hydrogen-bond acceptors (Lipinski definition) is 4. The summed E-state index contributed by atoms with van der Waals surface area (Å²) in [6.07, 6.45) is 0. The third kappa shape index (κ3) is 3.25. The summed E-state index contributed by atoms with van der Waals surface area (Å²) in [5.41, 5.74) is 0.893. The van der Waals surface area contributed by atoms with E-state index in [-0.39, 0.29) is 10.6 Å². The topological polar surface area (TPSA) is 49.6 Å². The monoisotopic (exact) mass is 327 g/mol. The van der Waals surface area contributed by atoms with Crippen LogP contribution in [0.15, 0.2) is 22.7 Å². The molecule has 1 aromatic rings. The van der Waals surface area contributed by atoms with Crippen LogP contribution in [0.25, 0.3) is 0 Å². The molecule has 1 aliphatic rings. The largest absolute Gasteiger partial charge is 0.363 e. The molecule has 0 amide bonds. The van der Waals surface area contributed by atoms with Gasteiger partial charge in [-0.25, -0.2) is 0 Å². The zero-order valence-corrected chi connectivity index (χ0v) is 12.8. The van der Waals surface area contributed by atoms with Gasteiger partial charge in [-0.05, 0) is 26.0 Å². The van der Waals surface area contributed by atoms with Crippen molar-refractivity contribution < 1.29 is 4.92 Å². The molecule has 1 aromatic carbocycles.